The van der Waals surface area contributed by atoms with Crippen molar-refractivity contribution in [1.82, 2.24) is 5.32 Å². The second-order valence-corrected chi connectivity index (χ2v) is 7.57. The zero-order chi connectivity index (χ0) is 18.7. The molecule has 1 heterocycles. The van der Waals surface area contributed by atoms with E-state index in [1.165, 1.54) is 0 Å². The molecule has 1 amide bonds. The van der Waals surface area contributed by atoms with E-state index in [4.69, 9.17) is 21.1 Å². The molecule has 2 atom stereocenters. The number of amides is 1. The first kappa shape index (κ1) is 18.6. The molecule has 138 valence electrons. The maximum atomic E-state index is 12.8. The van der Waals surface area contributed by atoms with E-state index >= 15 is 0 Å². The normalized spacial score (nSPS) is 19.0. The average Bonchev–Trinajstić information content (AvgIpc) is 2.60. The van der Waals surface area contributed by atoms with Gasteiger partial charge in [-0.15, -0.1) is 0 Å². The molecule has 0 aromatic heterocycles. The Morgan fingerprint density at radius 3 is 2.65 bits per heavy atom. The summed E-state index contributed by atoms with van der Waals surface area (Å²) in [6.45, 7) is 6.00. The molecule has 0 bridgehead atoms. The van der Waals surface area contributed by atoms with Crippen molar-refractivity contribution in [2.45, 2.75) is 51.4 Å². The van der Waals surface area contributed by atoms with Crippen LogP contribution in [0.5, 0.6) is 11.5 Å². The highest BCUT2D eigenvalue weighted by Crippen LogP contribution is 2.39. The van der Waals surface area contributed by atoms with Crippen molar-refractivity contribution in [2.24, 2.45) is 0 Å². The largest absolute Gasteiger partial charge is 0.487 e. The van der Waals surface area contributed by atoms with Crippen molar-refractivity contribution in [3.8, 4) is 11.5 Å². The minimum absolute atomic E-state index is 0.106. The number of rotatable bonds is 5. The lowest BCUT2D eigenvalue weighted by Crippen LogP contribution is -2.45. The third-order valence-electron chi connectivity index (χ3n) is 4.45. The van der Waals surface area contributed by atoms with Crippen molar-refractivity contribution in [3.05, 3.63) is 59.1 Å². The van der Waals surface area contributed by atoms with Gasteiger partial charge in [-0.25, -0.2) is 0 Å². The molecular weight excluding hydrogens is 350 g/mol. The monoisotopic (exact) mass is 373 g/mol. The number of benzene rings is 2. The van der Waals surface area contributed by atoms with Crippen molar-refractivity contribution in [2.75, 3.05) is 0 Å². The maximum absolute atomic E-state index is 12.8. The molecule has 1 N–H and O–H groups in total. The van der Waals surface area contributed by atoms with Crippen molar-refractivity contribution in [3.63, 3.8) is 0 Å². The number of hydrogen-bond acceptors (Lipinski definition) is 3. The van der Waals surface area contributed by atoms with Crippen molar-refractivity contribution in [1.29, 1.82) is 0 Å². The summed E-state index contributed by atoms with van der Waals surface area (Å²) in [6.07, 6.45) is 0.713. The fraction of sp³-hybridized carbons (Fsp3) is 0.381. The van der Waals surface area contributed by atoms with Crippen molar-refractivity contribution >= 4 is 17.5 Å². The van der Waals surface area contributed by atoms with Gasteiger partial charge in [-0.05, 0) is 50.6 Å². The zero-order valence-corrected chi connectivity index (χ0v) is 16.0. The van der Waals surface area contributed by atoms with Crippen LogP contribution in [0.15, 0.2) is 48.5 Å². The van der Waals surface area contributed by atoms with Gasteiger partial charge in [0.05, 0.1) is 6.04 Å². The van der Waals surface area contributed by atoms with E-state index < -0.39 is 6.10 Å². The summed E-state index contributed by atoms with van der Waals surface area (Å²) < 4.78 is 11.9. The molecule has 1 aliphatic heterocycles. The van der Waals surface area contributed by atoms with Gasteiger partial charge < -0.3 is 14.8 Å². The second kappa shape index (κ2) is 7.58. The summed E-state index contributed by atoms with van der Waals surface area (Å²) >= 11 is 5.90. The fourth-order valence-corrected chi connectivity index (χ4v) is 3.32. The quantitative estimate of drug-likeness (QED) is 0.809. The van der Waals surface area contributed by atoms with Gasteiger partial charge in [0.1, 0.15) is 17.1 Å². The smallest absolute Gasteiger partial charge is 0.261 e. The Morgan fingerprint density at radius 2 is 1.96 bits per heavy atom. The highest BCUT2D eigenvalue weighted by Gasteiger charge is 2.35. The molecule has 0 unspecified atom stereocenters. The predicted octanol–water partition coefficient (Wildman–Crippen LogP) is 4.92. The Morgan fingerprint density at radius 1 is 1.27 bits per heavy atom. The standard InChI is InChI=1S/C21H24ClNO3/c1-4-18(25-15-11-9-14(22)10-12-15)20(24)23-17-13-21(2,3)26-19-8-6-5-7-16(17)19/h5-12,17-18H,4,13H2,1-3H3,(H,23,24)/t17-,18+/m1/s1. The van der Waals surface area contributed by atoms with Crippen molar-refractivity contribution < 1.29 is 14.3 Å². The highest BCUT2D eigenvalue weighted by atomic mass is 35.5. The Bertz CT molecular complexity index is 773. The topological polar surface area (TPSA) is 47.6 Å². The molecule has 0 saturated carbocycles. The number of nitrogens with one attached hydrogen (secondary N) is 1. The van der Waals surface area contributed by atoms with Gasteiger partial charge in [0.25, 0.3) is 5.91 Å². The molecule has 2 aromatic carbocycles. The molecule has 0 saturated heterocycles. The molecule has 0 aliphatic carbocycles. The van der Waals surface area contributed by atoms with Crippen LogP contribution in [0.3, 0.4) is 0 Å². The van der Waals surface area contributed by atoms with Crippen LogP contribution in [0, 0.1) is 0 Å². The van der Waals surface area contributed by atoms with E-state index in [-0.39, 0.29) is 17.6 Å². The lowest BCUT2D eigenvalue weighted by molar-refractivity contribution is -0.129. The van der Waals surface area contributed by atoms with Crippen LogP contribution >= 0.6 is 11.6 Å². The van der Waals surface area contributed by atoms with E-state index in [0.717, 1.165) is 11.3 Å². The Balaban J connectivity index is 1.74. The van der Waals surface area contributed by atoms with Crippen LogP contribution in [0.4, 0.5) is 0 Å². The molecule has 0 spiro atoms. The molecule has 26 heavy (non-hydrogen) atoms. The Hall–Kier alpha value is -2.20. The third-order valence-corrected chi connectivity index (χ3v) is 4.70. The molecule has 2 aromatic rings. The van der Waals surface area contributed by atoms with E-state index in [9.17, 15) is 4.79 Å². The predicted molar refractivity (Wildman–Crippen MR) is 103 cm³/mol. The molecule has 0 radical (unpaired) electrons. The van der Waals surface area contributed by atoms with Crippen LogP contribution in [0.1, 0.15) is 45.2 Å². The van der Waals surface area contributed by atoms with E-state index in [0.29, 0.717) is 23.6 Å². The van der Waals surface area contributed by atoms with E-state index in [2.05, 4.69) is 5.32 Å². The average molecular weight is 374 g/mol. The molecule has 3 rings (SSSR count). The summed E-state index contributed by atoms with van der Waals surface area (Å²) in [7, 11) is 0. The number of fused-ring (bicyclic) bond motifs is 1. The van der Waals surface area contributed by atoms with Crippen LogP contribution in [0.25, 0.3) is 0 Å². The third kappa shape index (κ3) is 4.31. The summed E-state index contributed by atoms with van der Waals surface area (Å²) in [6, 6.07) is 14.8. The number of halogens is 1. The maximum Gasteiger partial charge on any atom is 0.261 e. The van der Waals surface area contributed by atoms with Crippen LogP contribution in [-0.2, 0) is 4.79 Å². The molecule has 0 fully saturated rings. The van der Waals surface area contributed by atoms with Gasteiger partial charge in [0.15, 0.2) is 6.10 Å². The number of ether oxygens (including phenoxy) is 2. The van der Waals surface area contributed by atoms with E-state index in [1.807, 2.05) is 45.0 Å². The number of carbonyl (C=O) groups excluding carboxylic acids is 1. The van der Waals surface area contributed by atoms with Crippen LogP contribution in [0.2, 0.25) is 5.02 Å². The number of para-hydroxylation sites is 1. The summed E-state index contributed by atoms with van der Waals surface area (Å²) in [5.74, 6) is 1.32. The SMILES string of the molecule is CC[C@H](Oc1ccc(Cl)cc1)C(=O)N[C@@H]1CC(C)(C)Oc2ccccc21. The van der Waals surface area contributed by atoms with Gasteiger partial charge in [-0.1, -0.05) is 36.7 Å². The van der Waals surface area contributed by atoms with Gasteiger partial charge in [-0.2, -0.15) is 0 Å². The Labute approximate surface area is 159 Å². The van der Waals surface area contributed by atoms with Gasteiger partial charge >= 0.3 is 0 Å². The summed E-state index contributed by atoms with van der Waals surface area (Å²) in [5, 5.41) is 3.78. The summed E-state index contributed by atoms with van der Waals surface area (Å²) in [4.78, 5) is 12.8. The molecule has 5 heteroatoms. The first-order chi connectivity index (χ1) is 12.4. The first-order valence-electron chi connectivity index (χ1n) is 8.88. The fourth-order valence-electron chi connectivity index (χ4n) is 3.20. The number of hydrogen-bond donors (Lipinski definition) is 1. The molecular formula is C21H24ClNO3. The highest BCUT2D eigenvalue weighted by molar-refractivity contribution is 6.30. The second-order valence-electron chi connectivity index (χ2n) is 7.13. The van der Waals surface area contributed by atoms with Gasteiger partial charge in [0, 0.05) is 17.0 Å². The lowest BCUT2D eigenvalue weighted by atomic mass is 9.89. The van der Waals surface area contributed by atoms with Gasteiger partial charge in [0.2, 0.25) is 0 Å². The van der Waals surface area contributed by atoms with Gasteiger partial charge in [-0.3, -0.25) is 4.79 Å². The number of carbonyl (C=O) groups is 1. The first-order valence-corrected chi connectivity index (χ1v) is 9.26. The minimum atomic E-state index is -0.561. The minimum Gasteiger partial charge on any atom is -0.487 e. The molecule has 1 aliphatic rings. The lowest BCUT2D eigenvalue weighted by Gasteiger charge is -2.38. The van der Waals surface area contributed by atoms with E-state index in [1.54, 1.807) is 24.3 Å². The Kier molecular flexibility index (Phi) is 5.42. The van der Waals surface area contributed by atoms with Crippen LogP contribution in [-0.4, -0.2) is 17.6 Å². The van der Waals surface area contributed by atoms with Crippen LogP contribution < -0.4 is 14.8 Å². The zero-order valence-electron chi connectivity index (χ0n) is 15.3. The summed E-state index contributed by atoms with van der Waals surface area (Å²) in [5.41, 5.74) is 0.659. The molecule has 4 nitrogen and oxygen atoms in total.